The second-order valence-electron chi connectivity index (χ2n) is 4.24. The van der Waals surface area contributed by atoms with Gasteiger partial charge in [0.15, 0.2) is 0 Å². The van der Waals surface area contributed by atoms with Crippen LogP contribution < -0.4 is 5.73 Å². The molecule has 104 valence electrons. The lowest BCUT2D eigenvalue weighted by Gasteiger charge is -2.04. The molecule has 4 nitrogen and oxygen atoms in total. The zero-order valence-electron chi connectivity index (χ0n) is 10.7. The third-order valence-electron chi connectivity index (χ3n) is 2.69. The minimum Gasteiger partial charge on any atom is -0.382 e. The monoisotopic (exact) mass is 400 g/mol. The fourth-order valence-corrected chi connectivity index (χ4v) is 3.22. The summed E-state index contributed by atoms with van der Waals surface area (Å²) in [4.78, 5) is 0.136. The van der Waals surface area contributed by atoms with Crippen LogP contribution in [-0.4, -0.2) is 14.3 Å². The van der Waals surface area contributed by atoms with Crippen LogP contribution in [0, 0.1) is 10.5 Å². The van der Waals surface area contributed by atoms with Gasteiger partial charge in [0.2, 0.25) is 0 Å². The number of rotatable bonds is 3. The van der Waals surface area contributed by atoms with Crippen LogP contribution in [0.2, 0.25) is 0 Å². The highest BCUT2D eigenvalue weighted by atomic mass is 127. The molecular weight excluding hydrogens is 387 g/mol. The molecule has 0 radical (unpaired) electrons. The number of hydrogen-bond donors (Lipinski definition) is 1. The zero-order valence-corrected chi connectivity index (χ0v) is 13.7. The lowest BCUT2D eigenvalue weighted by Crippen LogP contribution is -2.17. The molecule has 0 aliphatic heterocycles. The molecule has 20 heavy (non-hydrogen) atoms. The molecule has 0 fully saturated rings. The van der Waals surface area contributed by atoms with Gasteiger partial charge in [0.05, 0.1) is 4.90 Å². The van der Waals surface area contributed by atoms with Gasteiger partial charge in [0.25, 0.3) is 10.0 Å². The first kappa shape index (κ1) is 15.0. The van der Waals surface area contributed by atoms with E-state index >= 15 is 0 Å². The maximum absolute atomic E-state index is 12.2. The predicted molar refractivity (Wildman–Crippen MR) is 88.2 cm³/mol. The zero-order chi connectivity index (χ0) is 14.8. The number of nitrogens with two attached hydrogens (primary N) is 1. The number of halogens is 1. The molecule has 0 bridgehead atoms. The first-order valence-electron chi connectivity index (χ1n) is 5.82. The standard InChI is InChI=1S/C14H13IN2O2S/c1-10-6-8-11(9-7-10)20(18,19)17-14(16)12-4-2-3-5-13(12)15/h2-9H,1H3,(H2,16,17). The Labute approximate surface area is 131 Å². The first-order chi connectivity index (χ1) is 9.40. The van der Waals surface area contributed by atoms with Crippen LogP contribution in [0.25, 0.3) is 0 Å². The van der Waals surface area contributed by atoms with Gasteiger partial charge < -0.3 is 5.73 Å². The molecule has 0 atom stereocenters. The summed E-state index contributed by atoms with van der Waals surface area (Å²) in [6, 6.07) is 13.7. The van der Waals surface area contributed by atoms with E-state index in [1.54, 1.807) is 24.3 Å². The summed E-state index contributed by atoms with van der Waals surface area (Å²) in [6.45, 7) is 1.89. The number of aryl methyl sites for hydroxylation is 1. The van der Waals surface area contributed by atoms with Crippen LogP contribution in [0.1, 0.15) is 11.1 Å². The second-order valence-corrected chi connectivity index (χ2v) is 7.01. The van der Waals surface area contributed by atoms with Crippen LogP contribution >= 0.6 is 22.6 Å². The summed E-state index contributed by atoms with van der Waals surface area (Å²) < 4.78 is 28.9. The van der Waals surface area contributed by atoms with E-state index in [1.165, 1.54) is 12.1 Å². The van der Waals surface area contributed by atoms with E-state index in [1.807, 2.05) is 19.1 Å². The van der Waals surface area contributed by atoms with E-state index in [-0.39, 0.29) is 10.7 Å². The molecule has 2 rings (SSSR count). The average Bonchev–Trinajstić information content (AvgIpc) is 2.39. The molecule has 6 heteroatoms. The SMILES string of the molecule is Cc1ccc(S(=O)(=O)/N=C(\N)c2ccccc2I)cc1. The normalized spacial score (nSPS) is 12.4. The average molecular weight is 400 g/mol. The van der Waals surface area contributed by atoms with Crippen molar-refractivity contribution in [2.75, 3.05) is 0 Å². The Balaban J connectivity index is 2.43. The van der Waals surface area contributed by atoms with Gasteiger partial charge >= 0.3 is 0 Å². The summed E-state index contributed by atoms with van der Waals surface area (Å²) in [5, 5.41) is 0. The summed E-state index contributed by atoms with van der Waals surface area (Å²) >= 11 is 2.09. The Hall–Kier alpha value is -1.41. The maximum atomic E-state index is 12.2. The summed E-state index contributed by atoms with van der Waals surface area (Å²) in [7, 11) is -3.78. The molecule has 0 aliphatic carbocycles. The highest BCUT2D eigenvalue weighted by Gasteiger charge is 2.14. The summed E-state index contributed by atoms with van der Waals surface area (Å²) in [5.41, 5.74) is 7.41. The van der Waals surface area contributed by atoms with Crippen LogP contribution in [0.15, 0.2) is 57.8 Å². The minimum absolute atomic E-state index is 0.00410. The third-order valence-corrected chi connectivity index (χ3v) is 4.93. The van der Waals surface area contributed by atoms with Gasteiger partial charge in [-0.25, -0.2) is 0 Å². The van der Waals surface area contributed by atoms with Gasteiger partial charge in [-0.3, -0.25) is 0 Å². The number of hydrogen-bond acceptors (Lipinski definition) is 2. The van der Waals surface area contributed by atoms with Crippen molar-refractivity contribution in [3.8, 4) is 0 Å². The molecule has 0 heterocycles. The number of nitrogens with zero attached hydrogens (tertiary/aromatic N) is 1. The van der Waals surface area contributed by atoms with Crippen LogP contribution in [0.4, 0.5) is 0 Å². The number of amidine groups is 1. The molecule has 2 aromatic rings. The lowest BCUT2D eigenvalue weighted by atomic mass is 10.2. The first-order valence-corrected chi connectivity index (χ1v) is 8.34. The van der Waals surface area contributed by atoms with E-state index in [0.29, 0.717) is 5.56 Å². The van der Waals surface area contributed by atoms with E-state index in [2.05, 4.69) is 27.0 Å². The van der Waals surface area contributed by atoms with Crippen LogP contribution in [0.5, 0.6) is 0 Å². The minimum atomic E-state index is -3.78. The molecule has 0 spiro atoms. The molecule has 2 aromatic carbocycles. The van der Waals surface area contributed by atoms with Crippen molar-refractivity contribution in [3.63, 3.8) is 0 Å². The molecule has 0 aromatic heterocycles. The molecule has 0 aliphatic rings. The maximum Gasteiger partial charge on any atom is 0.284 e. The Morgan fingerprint density at radius 2 is 1.70 bits per heavy atom. The van der Waals surface area contributed by atoms with E-state index in [9.17, 15) is 8.42 Å². The quantitative estimate of drug-likeness (QED) is 0.489. The van der Waals surface area contributed by atoms with Gasteiger partial charge in [0, 0.05) is 9.13 Å². The van der Waals surface area contributed by atoms with E-state index < -0.39 is 10.0 Å². The molecule has 0 saturated carbocycles. The Kier molecular flexibility index (Phi) is 4.44. The van der Waals surface area contributed by atoms with Crippen molar-refractivity contribution in [3.05, 3.63) is 63.2 Å². The third kappa shape index (κ3) is 3.37. The smallest absolute Gasteiger partial charge is 0.284 e. The predicted octanol–water partition coefficient (Wildman–Crippen LogP) is 2.69. The topological polar surface area (TPSA) is 72.5 Å². The van der Waals surface area contributed by atoms with E-state index in [4.69, 9.17) is 5.73 Å². The highest BCUT2D eigenvalue weighted by Crippen LogP contribution is 2.16. The van der Waals surface area contributed by atoms with Gasteiger partial charge in [0.1, 0.15) is 5.84 Å². The van der Waals surface area contributed by atoms with Crippen LogP contribution in [-0.2, 0) is 10.0 Å². The van der Waals surface area contributed by atoms with Crippen molar-refractivity contribution < 1.29 is 8.42 Å². The van der Waals surface area contributed by atoms with Gasteiger partial charge in [-0.15, -0.1) is 4.40 Å². The molecule has 0 amide bonds. The Morgan fingerprint density at radius 1 is 1.10 bits per heavy atom. The van der Waals surface area contributed by atoms with Crippen molar-refractivity contribution in [2.24, 2.45) is 10.1 Å². The fourth-order valence-electron chi connectivity index (χ4n) is 1.61. The van der Waals surface area contributed by atoms with Crippen molar-refractivity contribution in [1.29, 1.82) is 0 Å². The van der Waals surface area contributed by atoms with Gasteiger partial charge in [-0.1, -0.05) is 35.9 Å². The van der Waals surface area contributed by atoms with Crippen molar-refractivity contribution in [2.45, 2.75) is 11.8 Å². The fraction of sp³-hybridized carbons (Fsp3) is 0.0714. The molecule has 0 unspecified atom stereocenters. The number of benzene rings is 2. The van der Waals surface area contributed by atoms with E-state index in [0.717, 1.165) is 9.13 Å². The Morgan fingerprint density at radius 3 is 2.30 bits per heavy atom. The van der Waals surface area contributed by atoms with Gasteiger partial charge in [-0.2, -0.15) is 8.42 Å². The highest BCUT2D eigenvalue weighted by molar-refractivity contribution is 14.1. The van der Waals surface area contributed by atoms with Crippen molar-refractivity contribution >= 4 is 38.4 Å². The Bertz CT molecular complexity index is 753. The molecule has 2 N–H and O–H groups in total. The summed E-state index contributed by atoms with van der Waals surface area (Å²) in [5.74, 6) is -0.00410. The van der Waals surface area contributed by atoms with Crippen molar-refractivity contribution in [1.82, 2.24) is 0 Å². The molecular formula is C14H13IN2O2S. The second kappa shape index (κ2) is 5.92. The molecule has 0 saturated heterocycles. The largest absolute Gasteiger partial charge is 0.382 e. The van der Waals surface area contributed by atoms with Gasteiger partial charge in [-0.05, 0) is 47.7 Å². The summed E-state index contributed by atoms with van der Waals surface area (Å²) in [6.07, 6.45) is 0. The lowest BCUT2D eigenvalue weighted by molar-refractivity contribution is 0.598. The van der Waals surface area contributed by atoms with Crippen LogP contribution in [0.3, 0.4) is 0 Å². The number of sulfonamides is 1.